The molecule has 0 saturated heterocycles. The van der Waals surface area contributed by atoms with E-state index >= 15 is 0 Å². The molecule has 0 amide bonds. The highest BCUT2D eigenvalue weighted by Gasteiger charge is 2.65. The monoisotopic (exact) mass is 430 g/mol. The average Bonchev–Trinajstić information content (AvgIpc) is 3.12. The van der Waals surface area contributed by atoms with E-state index in [4.69, 9.17) is 17.7 Å². The molecular weight excluding hydrogens is 388 g/mol. The highest BCUT2D eigenvalue weighted by Crippen LogP contribution is 2.64. The molecule has 5 nitrogen and oxygen atoms in total. The molecule has 28 heavy (non-hydrogen) atoms. The second-order valence-corrected chi connectivity index (χ2v) is 17.7. The molecule has 164 valence electrons. The molecule has 2 rings (SSSR count). The quantitative estimate of drug-likeness (QED) is 0.459. The Morgan fingerprint density at radius 2 is 1.50 bits per heavy atom. The van der Waals surface area contributed by atoms with Crippen molar-refractivity contribution in [1.82, 2.24) is 0 Å². The summed E-state index contributed by atoms with van der Waals surface area (Å²) in [6, 6.07) is 0. The molecule has 2 bridgehead atoms. The molecule has 0 aromatic heterocycles. The maximum Gasteiger partial charge on any atom is 0.504 e. The summed E-state index contributed by atoms with van der Waals surface area (Å²) >= 11 is 0. The lowest BCUT2D eigenvalue weighted by atomic mass is 9.75. The van der Waals surface area contributed by atoms with Gasteiger partial charge < -0.3 is 17.7 Å². The van der Waals surface area contributed by atoms with E-state index in [1.54, 1.807) is 0 Å². The van der Waals surface area contributed by atoms with Crippen LogP contribution in [-0.2, 0) is 22.5 Å². The van der Waals surface area contributed by atoms with Crippen LogP contribution in [0.15, 0.2) is 0 Å². The minimum absolute atomic E-state index is 0.0153. The Hall–Kier alpha value is -0.216. The predicted molar refractivity (Wildman–Crippen MR) is 117 cm³/mol. The lowest BCUT2D eigenvalue weighted by Crippen LogP contribution is -2.54. The van der Waals surface area contributed by atoms with Gasteiger partial charge in [-0.3, -0.25) is 4.79 Å². The standard InChI is InChI=1S/C21H42O5Si2/c1-10-23-28(24-11-2,25-12-3)18-14-17-13-16(18)15-21(17,7)19(22)26-27(8,9)20(4,5)6/h16-18H,10-15H2,1-9H3. The van der Waals surface area contributed by atoms with Gasteiger partial charge in [-0.1, -0.05) is 20.8 Å². The number of hydrogen-bond acceptors (Lipinski definition) is 5. The van der Waals surface area contributed by atoms with Gasteiger partial charge in [-0.2, -0.15) is 0 Å². The maximum atomic E-state index is 13.3. The van der Waals surface area contributed by atoms with Gasteiger partial charge in [0.2, 0.25) is 0 Å². The van der Waals surface area contributed by atoms with Gasteiger partial charge in [0.25, 0.3) is 14.3 Å². The van der Waals surface area contributed by atoms with Crippen LogP contribution in [0, 0.1) is 17.3 Å². The highest BCUT2D eigenvalue weighted by atomic mass is 28.4. The van der Waals surface area contributed by atoms with Crippen LogP contribution < -0.4 is 0 Å². The highest BCUT2D eigenvalue weighted by molar-refractivity contribution is 6.75. The van der Waals surface area contributed by atoms with E-state index in [1.165, 1.54) is 0 Å². The van der Waals surface area contributed by atoms with Crippen molar-refractivity contribution < 1.29 is 22.5 Å². The minimum Gasteiger partial charge on any atom is -0.519 e. The van der Waals surface area contributed by atoms with Crippen LogP contribution in [0.3, 0.4) is 0 Å². The van der Waals surface area contributed by atoms with Gasteiger partial charge >= 0.3 is 8.80 Å². The van der Waals surface area contributed by atoms with Crippen molar-refractivity contribution in [2.75, 3.05) is 19.8 Å². The van der Waals surface area contributed by atoms with Crippen molar-refractivity contribution in [3.63, 3.8) is 0 Å². The normalized spacial score (nSPS) is 30.7. The Bertz CT molecular complexity index is 542. The lowest BCUT2D eigenvalue weighted by molar-refractivity contribution is -0.149. The first kappa shape index (κ1) is 24.1. The molecule has 0 aliphatic heterocycles. The summed E-state index contributed by atoms with van der Waals surface area (Å²) in [5.74, 6) is 0.757. The van der Waals surface area contributed by atoms with Crippen molar-refractivity contribution in [3.8, 4) is 0 Å². The van der Waals surface area contributed by atoms with Crippen molar-refractivity contribution in [1.29, 1.82) is 0 Å². The fourth-order valence-corrected chi connectivity index (χ4v) is 9.32. The van der Waals surface area contributed by atoms with E-state index < -0.39 is 17.1 Å². The Morgan fingerprint density at radius 3 is 1.86 bits per heavy atom. The van der Waals surface area contributed by atoms with Gasteiger partial charge in [-0.15, -0.1) is 0 Å². The Morgan fingerprint density at radius 1 is 1.00 bits per heavy atom. The fourth-order valence-electron chi connectivity index (χ4n) is 4.82. The zero-order valence-corrected chi connectivity index (χ0v) is 21.5. The number of rotatable bonds is 9. The molecule has 4 atom stereocenters. The molecule has 0 radical (unpaired) electrons. The lowest BCUT2D eigenvalue weighted by Gasteiger charge is -2.43. The summed E-state index contributed by atoms with van der Waals surface area (Å²) in [7, 11) is -4.85. The second kappa shape index (κ2) is 8.49. The van der Waals surface area contributed by atoms with Crippen molar-refractivity contribution in [2.45, 2.75) is 91.4 Å². The van der Waals surface area contributed by atoms with Crippen molar-refractivity contribution in [2.24, 2.45) is 17.3 Å². The van der Waals surface area contributed by atoms with Crippen LogP contribution in [0.5, 0.6) is 0 Å². The molecule has 4 unspecified atom stereocenters. The van der Waals surface area contributed by atoms with Gasteiger partial charge in [0.1, 0.15) is 0 Å². The summed E-state index contributed by atoms with van der Waals surface area (Å²) in [5, 5.41) is 0.0279. The topological polar surface area (TPSA) is 54.0 Å². The number of fused-ring (bicyclic) bond motifs is 2. The van der Waals surface area contributed by atoms with E-state index in [0.717, 1.165) is 19.3 Å². The van der Waals surface area contributed by atoms with E-state index in [2.05, 4.69) is 40.8 Å². The zero-order chi connectivity index (χ0) is 21.4. The van der Waals surface area contributed by atoms with Crippen LogP contribution >= 0.6 is 0 Å². The van der Waals surface area contributed by atoms with E-state index in [1.807, 2.05) is 20.8 Å². The molecule has 2 saturated carbocycles. The van der Waals surface area contributed by atoms with Crippen molar-refractivity contribution >= 4 is 23.1 Å². The number of carbonyl (C=O) groups excluding carboxylic acids is 1. The summed E-state index contributed by atoms with van der Waals surface area (Å²) in [6.45, 7) is 20.8. The SMILES string of the molecule is CCO[Si](OCC)(OCC)C1CC2CC1CC2(C)C(=O)O[Si](C)(C)C(C)(C)C. The van der Waals surface area contributed by atoms with E-state index in [0.29, 0.717) is 37.2 Å². The third kappa shape index (κ3) is 4.29. The third-order valence-corrected chi connectivity index (χ3v) is 15.4. The second-order valence-electron chi connectivity index (χ2n) is 10.2. The van der Waals surface area contributed by atoms with Crippen LogP contribution in [0.25, 0.3) is 0 Å². The largest absolute Gasteiger partial charge is 0.519 e. The van der Waals surface area contributed by atoms with E-state index in [-0.39, 0.29) is 16.4 Å². The summed E-state index contributed by atoms with van der Waals surface area (Å²) in [5.41, 5.74) is -0.0901. The van der Waals surface area contributed by atoms with Gasteiger partial charge in [0.05, 0.1) is 5.41 Å². The fraction of sp³-hybridized carbons (Fsp3) is 0.952. The van der Waals surface area contributed by atoms with E-state index in [9.17, 15) is 4.79 Å². The first-order valence-electron chi connectivity index (χ1n) is 11.0. The molecule has 2 aliphatic rings. The van der Waals surface area contributed by atoms with Gasteiger partial charge in [0, 0.05) is 25.4 Å². The Balaban J connectivity index is 2.18. The minimum atomic E-state index is -2.73. The first-order valence-corrected chi connectivity index (χ1v) is 15.7. The van der Waals surface area contributed by atoms with Crippen LogP contribution in [0.1, 0.15) is 67.7 Å². The molecule has 0 spiro atoms. The number of hydrogen-bond donors (Lipinski definition) is 0. The van der Waals surface area contributed by atoms with Gasteiger partial charge in [0.15, 0.2) is 0 Å². The molecule has 0 aromatic rings. The van der Waals surface area contributed by atoms with Crippen molar-refractivity contribution in [3.05, 3.63) is 0 Å². The molecule has 0 heterocycles. The summed E-state index contributed by atoms with van der Waals surface area (Å²) in [4.78, 5) is 13.3. The van der Waals surface area contributed by atoms with Gasteiger partial charge in [-0.05, 0) is 76.9 Å². The molecule has 2 aliphatic carbocycles. The maximum absolute atomic E-state index is 13.3. The molecule has 0 N–H and O–H groups in total. The molecule has 7 heteroatoms. The Kier molecular flexibility index (Phi) is 7.30. The zero-order valence-electron chi connectivity index (χ0n) is 19.5. The predicted octanol–water partition coefficient (Wildman–Crippen LogP) is 5.39. The third-order valence-electron chi connectivity index (χ3n) is 7.39. The molecular formula is C21H42O5Si2. The molecule has 0 aromatic carbocycles. The molecule has 2 fully saturated rings. The van der Waals surface area contributed by atoms with Gasteiger partial charge in [-0.25, -0.2) is 0 Å². The summed E-state index contributed by atoms with van der Waals surface area (Å²) in [6.07, 6.45) is 2.85. The van der Waals surface area contributed by atoms with Crippen LogP contribution in [0.4, 0.5) is 0 Å². The first-order chi connectivity index (χ1) is 12.9. The number of carbonyl (C=O) groups is 1. The Labute approximate surface area is 174 Å². The van der Waals surface area contributed by atoms with Crippen LogP contribution in [0.2, 0.25) is 23.7 Å². The average molecular weight is 431 g/mol. The summed E-state index contributed by atoms with van der Waals surface area (Å²) < 4.78 is 24.8. The van der Waals surface area contributed by atoms with Crippen LogP contribution in [-0.4, -0.2) is 42.9 Å². The smallest absolute Gasteiger partial charge is 0.504 e.